The predicted molar refractivity (Wildman–Crippen MR) is 90.5 cm³/mol. The van der Waals surface area contributed by atoms with Crippen LogP contribution in [0, 0.1) is 0 Å². The summed E-state index contributed by atoms with van der Waals surface area (Å²) in [5.74, 6) is 0. The van der Waals surface area contributed by atoms with Gasteiger partial charge in [-0.15, -0.1) is 0 Å². The lowest BCUT2D eigenvalue weighted by Crippen LogP contribution is -2.60. The highest BCUT2D eigenvalue weighted by Gasteiger charge is 2.35. The molecule has 2 aromatic rings. The highest BCUT2D eigenvalue weighted by atomic mass is 15.3. The molecule has 0 aliphatic carbocycles. The van der Waals surface area contributed by atoms with Crippen LogP contribution in [0.3, 0.4) is 0 Å². The molecular weight excluding hydrogens is 256 g/mol. The number of benzene rings is 2. The van der Waals surface area contributed by atoms with Crippen LogP contribution in [0.4, 0.5) is 0 Å². The Morgan fingerprint density at radius 3 is 2.62 bits per heavy atom. The Morgan fingerprint density at radius 2 is 1.81 bits per heavy atom. The van der Waals surface area contributed by atoms with E-state index in [0.29, 0.717) is 5.54 Å². The summed E-state index contributed by atoms with van der Waals surface area (Å²) in [5, 5.41) is 6.34. The quantitative estimate of drug-likeness (QED) is 0.917. The molecule has 1 saturated heterocycles. The largest absolute Gasteiger partial charge is 0.314 e. The molecule has 2 nitrogen and oxygen atoms in total. The van der Waals surface area contributed by atoms with Crippen LogP contribution >= 0.6 is 0 Å². The molecule has 0 bridgehead atoms. The third-order valence-corrected chi connectivity index (χ3v) is 5.24. The number of piperazine rings is 1. The smallest absolute Gasteiger partial charge is 0.0332 e. The molecule has 1 aliphatic rings. The molecule has 1 N–H and O–H groups in total. The zero-order valence-corrected chi connectivity index (χ0v) is 13.2. The Hall–Kier alpha value is -1.38. The summed E-state index contributed by atoms with van der Waals surface area (Å²) in [6.07, 6.45) is 2.42. The van der Waals surface area contributed by atoms with Gasteiger partial charge in [0.05, 0.1) is 0 Å². The Kier molecular flexibility index (Phi) is 4.27. The number of fused-ring (bicyclic) bond motifs is 1. The van der Waals surface area contributed by atoms with E-state index in [9.17, 15) is 0 Å². The van der Waals surface area contributed by atoms with Gasteiger partial charge >= 0.3 is 0 Å². The second-order valence-electron chi connectivity index (χ2n) is 6.17. The fraction of sp³-hybridized carbons (Fsp3) is 0.474. The molecule has 3 rings (SSSR count). The van der Waals surface area contributed by atoms with E-state index < -0.39 is 0 Å². The Labute approximate surface area is 128 Å². The maximum absolute atomic E-state index is 3.59. The Balaban J connectivity index is 1.93. The van der Waals surface area contributed by atoms with Crippen LogP contribution < -0.4 is 5.32 Å². The fourth-order valence-corrected chi connectivity index (χ4v) is 3.71. The minimum Gasteiger partial charge on any atom is -0.314 e. The number of hydrogen-bond donors (Lipinski definition) is 1. The molecule has 2 heteroatoms. The van der Waals surface area contributed by atoms with Crippen LogP contribution in [0.2, 0.25) is 0 Å². The van der Waals surface area contributed by atoms with E-state index in [-0.39, 0.29) is 0 Å². The average molecular weight is 282 g/mol. The van der Waals surface area contributed by atoms with Gasteiger partial charge in [0.15, 0.2) is 0 Å². The molecule has 1 aliphatic heterocycles. The number of hydrogen-bond acceptors (Lipinski definition) is 2. The minimum atomic E-state index is 0.315. The maximum Gasteiger partial charge on any atom is 0.0332 e. The number of nitrogens with zero attached hydrogens (tertiary/aromatic N) is 1. The lowest BCUT2D eigenvalue weighted by molar-refractivity contribution is 0.0451. The van der Waals surface area contributed by atoms with Gasteiger partial charge in [-0.2, -0.15) is 0 Å². The molecule has 0 amide bonds. The van der Waals surface area contributed by atoms with Crippen molar-refractivity contribution in [2.75, 3.05) is 19.6 Å². The summed E-state index contributed by atoms with van der Waals surface area (Å²) in [6, 6.07) is 15.4. The van der Waals surface area contributed by atoms with Gasteiger partial charge < -0.3 is 5.32 Å². The van der Waals surface area contributed by atoms with Gasteiger partial charge in [-0.3, -0.25) is 4.90 Å². The highest BCUT2D eigenvalue weighted by Crippen LogP contribution is 2.29. The summed E-state index contributed by atoms with van der Waals surface area (Å²) in [6.45, 7) is 9.08. The van der Waals surface area contributed by atoms with Gasteiger partial charge in [-0.25, -0.2) is 0 Å². The monoisotopic (exact) mass is 282 g/mol. The van der Waals surface area contributed by atoms with Crippen molar-refractivity contribution in [2.24, 2.45) is 0 Å². The summed E-state index contributed by atoms with van der Waals surface area (Å²) in [5.41, 5.74) is 1.77. The molecule has 0 spiro atoms. The molecule has 0 saturated carbocycles. The number of nitrogens with one attached hydrogen (secondary N) is 1. The van der Waals surface area contributed by atoms with Crippen LogP contribution in [-0.4, -0.2) is 30.1 Å². The van der Waals surface area contributed by atoms with Gasteiger partial charge in [0.25, 0.3) is 0 Å². The van der Waals surface area contributed by atoms with E-state index in [0.717, 1.165) is 26.2 Å². The van der Waals surface area contributed by atoms with Crippen LogP contribution in [0.1, 0.15) is 32.3 Å². The Morgan fingerprint density at radius 1 is 1.05 bits per heavy atom. The van der Waals surface area contributed by atoms with Crippen molar-refractivity contribution in [1.29, 1.82) is 0 Å². The van der Waals surface area contributed by atoms with E-state index in [1.54, 1.807) is 0 Å². The van der Waals surface area contributed by atoms with Crippen LogP contribution in [-0.2, 0) is 6.54 Å². The molecule has 2 aromatic carbocycles. The van der Waals surface area contributed by atoms with Crippen LogP contribution in [0.25, 0.3) is 10.8 Å². The standard InChI is InChI=1S/C19H26N2/c1-3-19(4-2)15-20-12-13-21(19)14-17-10-7-9-16-8-5-6-11-18(16)17/h5-11,20H,3-4,12-15H2,1-2H3. The third-order valence-electron chi connectivity index (χ3n) is 5.24. The predicted octanol–water partition coefficient (Wildman–Crippen LogP) is 3.80. The maximum atomic E-state index is 3.59. The van der Waals surface area contributed by atoms with Crippen molar-refractivity contribution in [3.05, 3.63) is 48.0 Å². The van der Waals surface area contributed by atoms with Gasteiger partial charge in [0.2, 0.25) is 0 Å². The zero-order valence-electron chi connectivity index (χ0n) is 13.2. The average Bonchev–Trinajstić information content (AvgIpc) is 2.56. The normalized spacial score (nSPS) is 19.0. The molecule has 0 aromatic heterocycles. The topological polar surface area (TPSA) is 15.3 Å². The summed E-state index contributed by atoms with van der Waals surface area (Å²) >= 11 is 0. The fourth-order valence-electron chi connectivity index (χ4n) is 3.71. The first-order valence-corrected chi connectivity index (χ1v) is 8.21. The first kappa shape index (κ1) is 14.6. The minimum absolute atomic E-state index is 0.315. The lowest BCUT2D eigenvalue weighted by Gasteiger charge is -2.47. The molecule has 1 heterocycles. The summed E-state index contributed by atoms with van der Waals surface area (Å²) in [7, 11) is 0. The second-order valence-corrected chi connectivity index (χ2v) is 6.17. The molecule has 0 unspecified atom stereocenters. The van der Waals surface area contributed by atoms with E-state index >= 15 is 0 Å². The zero-order chi connectivity index (χ0) is 14.7. The van der Waals surface area contributed by atoms with Crippen molar-refractivity contribution in [3.63, 3.8) is 0 Å². The Bertz CT molecular complexity index is 596. The van der Waals surface area contributed by atoms with Gasteiger partial charge in [0, 0.05) is 31.7 Å². The third kappa shape index (κ3) is 2.70. The molecular formula is C19H26N2. The second kappa shape index (κ2) is 6.17. The first-order valence-electron chi connectivity index (χ1n) is 8.21. The van der Waals surface area contributed by atoms with Crippen molar-refractivity contribution in [2.45, 2.75) is 38.8 Å². The van der Waals surface area contributed by atoms with Crippen LogP contribution in [0.5, 0.6) is 0 Å². The highest BCUT2D eigenvalue weighted by molar-refractivity contribution is 5.85. The lowest BCUT2D eigenvalue weighted by atomic mass is 9.88. The van der Waals surface area contributed by atoms with Crippen LogP contribution in [0.15, 0.2) is 42.5 Å². The molecule has 0 radical (unpaired) electrons. The van der Waals surface area contributed by atoms with Gasteiger partial charge in [-0.05, 0) is 29.2 Å². The molecule has 21 heavy (non-hydrogen) atoms. The number of rotatable bonds is 4. The van der Waals surface area contributed by atoms with Crippen molar-refractivity contribution in [1.82, 2.24) is 10.2 Å². The SMILES string of the molecule is CCC1(CC)CNCCN1Cc1cccc2ccccc12. The molecule has 0 atom stereocenters. The first-order chi connectivity index (χ1) is 10.3. The van der Waals surface area contributed by atoms with E-state index in [2.05, 4.69) is 66.5 Å². The van der Waals surface area contributed by atoms with Gasteiger partial charge in [0.1, 0.15) is 0 Å². The van der Waals surface area contributed by atoms with E-state index in [1.165, 1.54) is 29.2 Å². The van der Waals surface area contributed by atoms with Crippen molar-refractivity contribution in [3.8, 4) is 0 Å². The summed E-state index contributed by atoms with van der Waals surface area (Å²) in [4.78, 5) is 2.70. The van der Waals surface area contributed by atoms with Crippen molar-refractivity contribution < 1.29 is 0 Å². The van der Waals surface area contributed by atoms with E-state index in [4.69, 9.17) is 0 Å². The molecule has 1 fully saturated rings. The van der Waals surface area contributed by atoms with Crippen molar-refractivity contribution >= 4 is 10.8 Å². The van der Waals surface area contributed by atoms with Gasteiger partial charge in [-0.1, -0.05) is 56.3 Å². The van der Waals surface area contributed by atoms with E-state index in [1.807, 2.05) is 0 Å². The molecule has 112 valence electrons. The summed E-state index contributed by atoms with van der Waals surface area (Å²) < 4.78 is 0.